The van der Waals surface area contributed by atoms with E-state index in [1.165, 1.54) is 10.4 Å². The standard InChI is InChI=1S/C12H17N5O/c1-4-9-5-6-11(18-3)10(7-9)17-15-12(8-13-2)14-16-17/h5-7,13H,4,8H2,1-3H3. The highest BCUT2D eigenvalue weighted by atomic mass is 16.5. The molecule has 18 heavy (non-hydrogen) atoms. The van der Waals surface area contributed by atoms with E-state index in [9.17, 15) is 0 Å². The fraction of sp³-hybridized carbons (Fsp3) is 0.417. The van der Waals surface area contributed by atoms with Gasteiger partial charge in [0.15, 0.2) is 5.82 Å². The summed E-state index contributed by atoms with van der Waals surface area (Å²) in [5.41, 5.74) is 2.02. The van der Waals surface area contributed by atoms with Crippen molar-refractivity contribution < 1.29 is 4.74 Å². The zero-order chi connectivity index (χ0) is 13.0. The van der Waals surface area contributed by atoms with Crippen LogP contribution in [0.2, 0.25) is 0 Å². The SMILES string of the molecule is CCc1ccc(OC)c(-n2nnc(CNC)n2)c1. The van der Waals surface area contributed by atoms with Crippen LogP contribution in [0.5, 0.6) is 5.75 Å². The summed E-state index contributed by atoms with van der Waals surface area (Å²) in [7, 11) is 3.48. The molecule has 0 aliphatic heterocycles. The summed E-state index contributed by atoms with van der Waals surface area (Å²) in [4.78, 5) is 1.50. The summed E-state index contributed by atoms with van der Waals surface area (Å²) in [5.74, 6) is 1.39. The number of tetrazole rings is 1. The minimum absolute atomic E-state index is 0.593. The second-order valence-electron chi connectivity index (χ2n) is 3.89. The lowest BCUT2D eigenvalue weighted by Crippen LogP contribution is -2.08. The molecule has 0 fully saturated rings. The van der Waals surface area contributed by atoms with Crippen molar-refractivity contribution in [1.82, 2.24) is 25.5 Å². The number of aryl methyl sites for hydroxylation is 1. The van der Waals surface area contributed by atoms with E-state index in [2.05, 4.69) is 27.7 Å². The number of hydrogen-bond acceptors (Lipinski definition) is 5. The largest absolute Gasteiger partial charge is 0.494 e. The van der Waals surface area contributed by atoms with Crippen LogP contribution in [0.15, 0.2) is 18.2 Å². The molecule has 0 bridgehead atoms. The Bertz CT molecular complexity index is 523. The molecule has 1 aromatic carbocycles. The van der Waals surface area contributed by atoms with E-state index in [-0.39, 0.29) is 0 Å². The molecule has 0 unspecified atom stereocenters. The third-order valence-electron chi connectivity index (χ3n) is 2.66. The van der Waals surface area contributed by atoms with Gasteiger partial charge in [0.2, 0.25) is 0 Å². The lowest BCUT2D eigenvalue weighted by atomic mass is 10.1. The molecule has 2 rings (SSSR count). The van der Waals surface area contributed by atoms with Crippen molar-refractivity contribution in [2.45, 2.75) is 19.9 Å². The predicted molar refractivity (Wildman–Crippen MR) is 67.8 cm³/mol. The van der Waals surface area contributed by atoms with E-state index in [0.29, 0.717) is 12.4 Å². The first-order valence-corrected chi connectivity index (χ1v) is 5.89. The molecular formula is C12H17N5O. The van der Waals surface area contributed by atoms with Gasteiger partial charge in [-0.05, 0) is 36.4 Å². The number of hydrogen-bond donors (Lipinski definition) is 1. The van der Waals surface area contributed by atoms with Crippen molar-refractivity contribution in [2.24, 2.45) is 0 Å². The second kappa shape index (κ2) is 5.59. The van der Waals surface area contributed by atoms with Gasteiger partial charge in [-0.25, -0.2) is 0 Å². The van der Waals surface area contributed by atoms with Gasteiger partial charge in [0.05, 0.1) is 13.7 Å². The van der Waals surface area contributed by atoms with Gasteiger partial charge in [-0.2, -0.15) is 0 Å². The maximum atomic E-state index is 5.32. The van der Waals surface area contributed by atoms with Crippen LogP contribution < -0.4 is 10.1 Å². The second-order valence-corrected chi connectivity index (χ2v) is 3.89. The molecule has 1 heterocycles. The Morgan fingerprint density at radius 2 is 2.22 bits per heavy atom. The Labute approximate surface area is 106 Å². The van der Waals surface area contributed by atoms with Crippen molar-refractivity contribution in [2.75, 3.05) is 14.2 Å². The summed E-state index contributed by atoms with van der Waals surface area (Å²) in [6.45, 7) is 2.70. The summed E-state index contributed by atoms with van der Waals surface area (Å²) in [6, 6.07) is 5.98. The third kappa shape index (κ3) is 2.48. The Kier molecular flexibility index (Phi) is 3.88. The van der Waals surface area contributed by atoms with E-state index in [0.717, 1.165) is 17.9 Å². The van der Waals surface area contributed by atoms with E-state index in [1.54, 1.807) is 7.11 Å². The van der Waals surface area contributed by atoms with E-state index < -0.39 is 0 Å². The van der Waals surface area contributed by atoms with Crippen molar-refractivity contribution in [1.29, 1.82) is 0 Å². The van der Waals surface area contributed by atoms with Crippen LogP contribution in [0.3, 0.4) is 0 Å². The molecule has 6 nitrogen and oxygen atoms in total. The lowest BCUT2D eigenvalue weighted by Gasteiger charge is -2.08. The molecule has 0 radical (unpaired) electrons. The van der Waals surface area contributed by atoms with Gasteiger partial charge in [-0.15, -0.1) is 15.0 Å². The molecule has 0 aliphatic carbocycles. The van der Waals surface area contributed by atoms with Crippen LogP contribution in [0, 0.1) is 0 Å². The van der Waals surface area contributed by atoms with Gasteiger partial charge in [-0.1, -0.05) is 13.0 Å². The van der Waals surface area contributed by atoms with Gasteiger partial charge in [0.1, 0.15) is 11.4 Å². The Morgan fingerprint density at radius 3 is 2.89 bits per heavy atom. The topological polar surface area (TPSA) is 64.9 Å². The van der Waals surface area contributed by atoms with Crippen LogP contribution in [0.1, 0.15) is 18.3 Å². The highest BCUT2D eigenvalue weighted by Crippen LogP contribution is 2.22. The van der Waals surface area contributed by atoms with Crippen molar-refractivity contribution in [3.05, 3.63) is 29.6 Å². The predicted octanol–water partition coefficient (Wildman–Crippen LogP) is 0.953. The van der Waals surface area contributed by atoms with Gasteiger partial charge in [-0.3, -0.25) is 0 Å². The van der Waals surface area contributed by atoms with Gasteiger partial charge in [0.25, 0.3) is 0 Å². The number of nitrogens with one attached hydrogen (secondary N) is 1. The Balaban J connectivity index is 2.40. The number of ether oxygens (including phenoxy) is 1. The van der Waals surface area contributed by atoms with Crippen LogP contribution in [-0.4, -0.2) is 34.4 Å². The van der Waals surface area contributed by atoms with E-state index in [1.807, 2.05) is 25.2 Å². The summed E-state index contributed by atoms with van der Waals surface area (Å²) in [5, 5.41) is 15.3. The molecule has 0 saturated heterocycles. The fourth-order valence-electron chi connectivity index (χ4n) is 1.69. The third-order valence-corrected chi connectivity index (χ3v) is 2.66. The van der Waals surface area contributed by atoms with Crippen molar-refractivity contribution in [3.8, 4) is 11.4 Å². The molecular weight excluding hydrogens is 230 g/mol. The van der Waals surface area contributed by atoms with E-state index in [4.69, 9.17) is 4.74 Å². The fourth-order valence-corrected chi connectivity index (χ4v) is 1.69. The van der Waals surface area contributed by atoms with Gasteiger partial charge >= 0.3 is 0 Å². The summed E-state index contributed by atoms with van der Waals surface area (Å²) < 4.78 is 5.32. The molecule has 0 spiro atoms. The zero-order valence-electron chi connectivity index (χ0n) is 10.8. The first kappa shape index (κ1) is 12.5. The molecule has 2 aromatic rings. The summed E-state index contributed by atoms with van der Waals surface area (Å²) in [6.07, 6.45) is 0.953. The Morgan fingerprint density at radius 1 is 1.39 bits per heavy atom. The number of rotatable bonds is 5. The molecule has 0 saturated carbocycles. The van der Waals surface area contributed by atoms with Gasteiger partial charge < -0.3 is 10.1 Å². The highest BCUT2D eigenvalue weighted by molar-refractivity contribution is 5.47. The smallest absolute Gasteiger partial charge is 0.188 e. The lowest BCUT2D eigenvalue weighted by molar-refractivity contribution is 0.409. The van der Waals surface area contributed by atoms with Crippen LogP contribution >= 0.6 is 0 Å². The molecule has 0 atom stereocenters. The van der Waals surface area contributed by atoms with Crippen molar-refractivity contribution >= 4 is 0 Å². The minimum atomic E-state index is 0.593. The monoisotopic (exact) mass is 247 g/mol. The van der Waals surface area contributed by atoms with Crippen LogP contribution in [-0.2, 0) is 13.0 Å². The van der Waals surface area contributed by atoms with Crippen molar-refractivity contribution in [3.63, 3.8) is 0 Å². The number of aromatic nitrogens is 4. The van der Waals surface area contributed by atoms with Crippen LogP contribution in [0.4, 0.5) is 0 Å². The quantitative estimate of drug-likeness (QED) is 0.852. The maximum absolute atomic E-state index is 5.32. The van der Waals surface area contributed by atoms with Gasteiger partial charge in [0, 0.05) is 0 Å². The zero-order valence-corrected chi connectivity index (χ0v) is 10.8. The maximum Gasteiger partial charge on any atom is 0.188 e. The normalized spacial score (nSPS) is 10.6. The molecule has 1 N–H and O–H groups in total. The molecule has 6 heteroatoms. The number of methoxy groups -OCH3 is 1. The average Bonchev–Trinajstić information content (AvgIpc) is 2.87. The minimum Gasteiger partial charge on any atom is -0.494 e. The first-order valence-electron chi connectivity index (χ1n) is 5.89. The van der Waals surface area contributed by atoms with Crippen LogP contribution in [0.25, 0.3) is 5.69 Å². The summed E-state index contributed by atoms with van der Waals surface area (Å²) >= 11 is 0. The molecule has 0 amide bonds. The molecule has 1 aromatic heterocycles. The number of benzene rings is 1. The number of nitrogens with zero attached hydrogens (tertiary/aromatic N) is 4. The first-order chi connectivity index (χ1) is 8.78. The van der Waals surface area contributed by atoms with E-state index >= 15 is 0 Å². The molecule has 0 aliphatic rings. The highest BCUT2D eigenvalue weighted by Gasteiger charge is 2.10. The molecule has 96 valence electrons. The Hall–Kier alpha value is -1.95. The average molecular weight is 247 g/mol.